The van der Waals surface area contributed by atoms with Crippen LogP contribution in [-0.4, -0.2) is 14.1 Å². The maximum atomic E-state index is 6.42. The molecule has 0 spiro atoms. The third-order valence-electron chi connectivity index (χ3n) is 10.8. The van der Waals surface area contributed by atoms with E-state index in [-0.39, 0.29) is 0 Å². The van der Waals surface area contributed by atoms with Crippen molar-refractivity contribution in [2.75, 3.05) is 0 Å². The predicted molar refractivity (Wildman–Crippen MR) is 243 cm³/mol. The van der Waals surface area contributed by atoms with Crippen LogP contribution in [0.25, 0.3) is 99.9 Å². The third kappa shape index (κ3) is 6.18. The maximum Gasteiger partial charge on any atom is 0.144 e. The van der Waals surface area contributed by atoms with E-state index in [0.717, 1.165) is 50.3 Å². The number of imidazole rings is 1. The zero-order chi connectivity index (χ0) is 39.0. The normalized spacial score (nSPS) is 11.3. The van der Waals surface area contributed by atoms with Crippen LogP contribution >= 0.6 is 0 Å². The van der Waals surface area contributed by atoms with Gasteiger partial charge in [-0.1, -0.05) is 121 Å². The van der Waals surface area contributed by atoms with Crippen LogP contribution in [0.2, 0.25) is 0 Å². The molecule has 0 bridgehead atoms. The van der Waals surface area contributed by atoms with E-state index < -0.39 is 0 Å². The Morgan fingerprint density at radius 1 is 0.448 bits per heavy atom. The Morgan fingerprint density at radius 2 is 1.00 bits per heavy atom. The van der Waals surface area contributed by atoms with Gasteiger partial charge in [-0.2, -0.15) is 0 Å². The number of fused-ring (bicyclic) bond motifs is 6. The average Bonchev–Trinajstić information content (AvgIpc) is 4.01. The Labute approximate surface area is 337 Å². The topological polar surface area (TPSA) is 35.9 Å². The first-order valence-electron chi connectivity index (χ1n) is 19.6. The quantitative estimate of drug-likeness (QED) is 0.159. The standard InChI is InChI=1S/C51H33N3O.C3H6/c1-3-11-34(12-4-1)36-15-9-16-37(29-36)38-17-10-18-41(30-38)53-28-27-52-51(53)40-22-25-49-45(32-40)46-33-42(23-26-50(46)55-49)54-47-20-8-7-19-43(47)44-31-39(21-24-48(44)54)35-13-5-2-6-14-35;1-3-2/h1-33H;3H,1H2,2H3. The van der Waals surface area contributed by atoms with Gasteiger partial charge in [-0.3, -0.25) is 4.57 Å². The highest BCUT2D eigenvalue weighted by molar-refractivity contribution is 6.12. The van der Waals surface area contributed by atoms with Crippen molar-refractivity contribution in [1.82, 2.24) is 14.1 Å². The number of rotatable bonds is 6. The molecule has 0 N–H and O–H groups in total. The van der Waals surface area contributed by atoms with Gasteiger partial charge in [-0.25, -0.2) is 4.98 Å². The fraction of sp³-hybridized carbons (Fsp3) is 0.0185. The van der Waals surface area contributed by atoms with Crippen LogP contribution in [0, 0.1) is 0 Å². The summed E-state index contributed by atoms with van der Waals surface area (Å²) in [6, 6.07) is 66.9. The molecule has 0 amide bonds. The lowest BCUT2D eigenvalue weighted by molar-refractivity contribution is 0.669. The van der Waals surface area contributed by atoms with Gasteiger partial charge in [-0.05, 0) is 113 Å². The summed E-state index contributed by atoms with van der Waals surface area (Å²) in [5, 5.41) is 4.59. The van der Waals surface area contributed by atoms with Crippen molar-refractivity contribution in [2.45, 2.75) is 6.92 Å². The highest BCUT2D eigenvalue weighted by Gasteiger charge is 2.17. The molecule has 0 radical (unpaired) electrons. The molecule has 0 saturated heterocycles. The number of hydrogen-bond acceptors (Lipinski definition) is 2. The van der Waals surface area contributed by atoms with Crippen LogP contribution in [0.1, 0.15) is 6.92 Å². The summed E-state index contributed by atoms with van der Waals surface area (Å²) in [7, 11) is 0. The molecule has 11 aromatic rings. The zero-order valence-electron chi connectivity index (χ0n) is 32.1. The second-order valence-electron chi connectivity index (χ2n) is 14.5. The monoisotopic (exact) mass is 745 g/mol. The number of allylic oxidation sites excluding steroid dienone is 1. The largest absolute Gasteiger partial charge is 0.456 e. The fourth-order valence-corrected chi connectivity index (χ4v) is 8.17. The molecule has 3 aromatic heterocycles. The highest BCUT2D eigenvalue weighted by Crippen LogP contribution is 2.38. The fourth-order valence-electron chi connectivity index (χ4n) is 8.17. The first kappa shape index (κ1) is 34.8. The summed E-state index contributed by atoms with van der Waals surface area (Å²) < 4.78 is 11.0. The first-order chi connectivity index (χ1) is 28.7. The van der Waals surface area contributed by atoms with Crippen LogP contribution in [0.3, 0.4) is 0 Å². The molecule has 0 atom stereocenters. The van der Waals surface area contributed by atoms with Gasteiger partial charge in [0.25, 0.3) is 0 Å². The average molecular weight is 746 g/mol. The second kappa shape index (κ2) is 14.8. The van der Waals surface area contributed by atoms with Gasteiger partial charge in [0.1, 0.15) is 17.0 Å². The molecule has 4 heteroatoms. The van der Waals surface area contributed by atoms with E-state index in [2.05, 4.69) is 204 Å². The molecular weight excluding hydrogens is 707 g/mol. The van der Waals surface area contributed by atoms with Crippen LogP contribution in [0.4, 0.5) is 0 Å². The molecule has 11 rings (SSSR count). The van der Waals surface area contributed by atoms with Crippen LogP contribution in [0.5, 0.6) is 0 Å². The molecule has 276 valence electrons. The maximum absolute atomic E-state index is 6.42. The smallest absolute Gasteiger partial charge is 0.144 e. The van der Waals surface area contributed by atoms with Gasteiger partial charge in [0.15, 0.2) is 0 Å². The number of hydrogen-bond donors (Lipinski definition) is 0. The van der Waals surface area contributed by atoms with Gasteiger partial charge in [0.05, 0.1) is 11.0 Å². The SMILES string of the molecule is C=CC.c1ccc(-c2cccc(-c3cccc(-n4ccnc4-c4ccc5oc6ccc(-n7c8ccccc8c8cc(-c9ccccc9)ccc87)cc6c5c4)c3)c2)cc1. The summed E-state index contributed by atoms with van der Waals surface area (Å²) in [4.78, 5) is 4.87. The molecule has 8 aromatic carbocycles. The van der Waals surface area contributed by atoms with Gasteiger partial charge >= 0.3 is 0 Å². The molecule has 0 unspecified atom stereocenters. The minimum Gasteiger partial charge on any atom is -0.456 e. The van der Waals surface area contributed by atoms with E-state index in [1.54, 1.807) is 6.08 Å². The number of furan rings is 1. The summed E-state index contributed by atoms with van der Waals surface area (Å²) in [5.74, 6) is 0.874. The van der Waals surface area contributed by atoms with Crippen molar-refractivity contribution in [3.63, 3.8) is 0 Å². The Kier molecular flexibility index (Phi) is 8.85. The molecular formula is C54H39N3O. The van der Waals surface area contributed by atoms with E-state index in [9.17, 15) is 0 Å². The molecule has 0 aliphatic carbocycles. The first-order valence-corrected chi connectivity index (χ1v) is 19.6. The lowest BCUT2D eigenvalue weighted by atomic mass is 9.99. The Hall–Kier alpha value is -7.69. The molecule has 3 heterocycles. The van der Waals surface area contributed by atoms with Gasteiger partial charge in [0.2, 0.25) is 0 Å². The zero-order valence-corrected chi connectivity index (χ0v) is 32.1. The summed E-state index contributed by atoms with van der Waals surface area (Å²) in [6.07, 6.45) is 5.66. The minimum absolute atomic E-state index is 0.851. The molecule has 0 saturated carbocycles. The van der Waals surface area contributed by atoms with Crippen molar-refractivity contribution in [3.8, 4) is 56.1 Å². The van der Waals surface area contributed by atoms with E-state index >= 15 is 0 Å². The Morgan fingerprint density at radius 3 is 1.76 bits per heavy atom. The van der Waals surface area contributed by atoms with E-state index in [1.807, 2.05) is 19.3 Å². The van der Waals surface area contributed by atoms with E-state index in [1.165, 1.54) is 49.6 Å². The lowest BCUT2D eigenvalue weighted by Crippen LogP contribution is -1.96. The lowest BCUT2D eigenvalue weighted by Gasteiger charge is -2.11. The van der Waals surface area contributed by atoms with Crippen molar-refractivity contribution in [3.05, 3.63) is 213 Å². The van der Waals surface area contributed by atoms with Gasteiger partial charge < -0.3 is 8.98 Å². The van der Waals surface area contributed by atoms with Crippen molar-refractivity contribution < 1.29 is 4.42 Å². The molecule has 0 fully saturated rings. The van der Waals surface area contributed by atoms with E-state index in [4.69, 9.17) is 9.40 Å². The van der Waals surface area contributed by atoms with Crippen molar-refractivity contribution in [2.24, 2.45) is 0 Å². The van der Waals surface area contributed by atoms with Gasteiger partial charge in [-0.15, -0.1) is 6.58 Å². The van der Waals surface area contributed by atoms with E-state index in [0.29, 0.717) is 0 Å². The number of para-hydroxylation sites is 1. The predicted octanol–water partition coefficient (Wildman–Crippen LogP) is 14.7. The van der Waals surface area contributed by atoms with Crippen LogP contribution < -0.4 is 0 Å². The number of aromatic nitrogens is 3. The summed E-state index contributed by atoms with van der Waals surface area (Å²) in [5.41, 5.74) is 14.4. The molecule has 0 aliphatic heterocycles. The molecule has 0 aliphatic rings. The summed E-state index contributed by atoms with van der Waals surface area (Å²) >= 11 is 0. The molecule has 58 heavy (non-hydrogen) atoms. The molecule has 4 nitrogen and oxygen atoms in total. The summed E-state index contributed by atoms with van der Waals surface area (Å²) in [6.45, 7) is 5.25. The Balaban J connectivity index is 0.00000132. The minimum atomic E-state index is 0.851. The van der Waals surface area contributed by atoms with Crippen LogP contribution in [0.15, 0.2) is 218 Å². The number of nitrogens with zero attached hydrogens (tertiary/aromatic N) is 3. The highest BCUT2D eigenvalue weighted by atomic mass is 16.3. The Bertz CT molecular complexity index is 3260. The number of benzene rings is 8. The van der Waals surface area contributed by atoms with Crippen LogP contribution in [-0.2, 0) is 0 Å². The van der Waals surface area contributed by atoms with Crippen molar-refractivity contribution >= 4 is 43.7 Å². The third-order valence-corrected chi connectivity index (χ3v) is 10.8. The second-order valence-corrected chi connectivity index (χ2v) is 14.5. The van der Waals surface area contributed by atoms with Crippen molar-refractivity contribution in [1.29, 1.82) is 0 Å². The van der Waals surface area contributed by atoms with Gasteiger partial charge in [0, 0.05) is 50.9 Å².